The molecule has 5 nitrogen and oxygen atoms in total. The zero-order valence-corrected chi connectivity index (χ0v) is 15.1. The van der Waals surface area contributed by atoms with Crippen molar-refractivity contribution in [2.75, 3.05) is 25.0 Å². The molecule has 0 radical (unpaired) electrons. The summed E-state index contributed by atoms with van der Waals surface area (Å²) >= 11 is 0. The molecule has 1 aliphatic heterocycles. The minimum Gasteiger partial charge on any atom is -0.353 e. The second-order valence-electron chi connectivity index (χ2n) is 7.44. The number of para-hydroxylation sites is 2. The lowest BCUT2D eigenvalue weighted by Gasteiger charge is -2.40. The topological polar surface area (TPSA) is 49.3 Å². The van der Waals surface area contributed by atoms with E-state index in [0.717, 1.165) is 61.3 Å². The summed E-state index contributed by atoms with van der Waals surface area (Å²) in [5.41, 5.74) is 2.84. The van der Waals surface area contributed by atoms with Crippen LogP contribution < -0.4 is 4.90 Å². The minimum absolute atomic E-state index is 0.266. The number of carbonyl (C=O) groups is 1. The van der Waals surface area contributed by atoms with E-state index in [-0.39, 0.29) is 12.0 Å². The molecule has 5 heteroatoms. The molecule has 2 aromatic rings. The Balaban J connectivity index is 1.54. The number of piperidine rings is 1. The maximum atomic E-state index is 12.6. The molecule has 1 atom stereocenters. The number of likely N-dealkylation sites (N-methyl/N-ethyl adjacent to an activating group) is 1. The van der Waals surface area contributed by atoms with Crippen LogP contribution in [0.15, 0.2) is 24.3 Å². The van der Waals surface area contributed by atoms with E-state index in [1.54, 1.807) is 0 Å². The first-order chi connectivity index (χ1) is 12.1. The van der Waals surface area contributed by atoms with Crippen LogP contribution in [0.3, 0.4) is 0 Å². The molecule has 1 aromatic carbocycles. The Hall–Kier alpha value is -2.17. The molecular formula is C20H26N4O. The van der Waals surface area contributed by atoms with E-state index in [1.165, 1.54) is 6.42 Å². The van der Waals surface area contributed by atoms with Gasteiger partial charge in [-0.1, -0.05) is 18.6 Å². The number of aromatic nitrogens is 2. The Bertz CT molecular complexity index is 786. The maximum Gasteiger partial charge on any atom is 0.225 e. The average molecular weight is 338 g/mol. The van der Waals surface area contributed by atoms with Crippen molar-refractivity contribution in [3.8, 4) is 0 Å². The average Bonchev–Trinajstić information content (AvgIpc) is 2.59. The van der Waals surface area contributed by atoms with Gasteiger partial charge in [0.05, 0.1) is 16.7 Å². The van der Waals surface area contributed by atoms with Crippen molar-refractivity contribution in [3.63, 3.8) is 0 Å². The van der Waals surface area contributed by atoms with Crippen molar-refractivity contribution >= 4 is 22.8 Å². The zero-order chi connectivity index (χ0) is 17.4. The van der Waals surface area contributed by atoms with E-state index in [4.69, 9.17) is 9.97 Å². The minimum atomic E-state index is 0.266. The van der Waals surface area contributed by atoms with Crippen LogP contribution in [-0.4, -0.2) is 47.0 Å². The van der Waals surface area contributed by atoms with E-state index in [1.807, 2.05) is 43.1 Å². The van der Waals surface area contributed by atoms with Crippen LogP contribution in [0.5, 0.6) is 0 Å². The Kier molecular flexibility index (Phi) is 4.32. The Labute approximate surface area is 149 Å². The van der Waals surface area contributed by atoms with Gasteiger partial charge in [0.25, 0.3) is 0 Å². The maximum absolute atomic E-state index is 12.6. The third kappa shape index (κ3) is 3.08. The molecule has 1 aromatic heterocycles. The van der Waals surface area contributed by atoms with Gasteiger partial charge in [0.15, 0.2) is 5.82 Å². The Morgan fingerprint density at radius 2 is 1.84 bits per heavy atom. The highest BCUT2D eigenvalue weighted by Crippen LogP contribution is 2.30. The number of hydrogen-bond acceptors (Lipinski definition) is 4. The highest BCUT2D eigenvalue weighted by atomic mass is 16.2. The fourth-order valence-corrected chi connectivity index (χ4v) is 3.96. The molecule has 0 bridgehead atoms. The summed E-state index contributed by atoms with van der Waals surface area (Å²) in [4.78, 5) is 26.5. The molecule has 2 aliphatic rings. The van der Waals surface area contributed by atoms with Crippen molar-refractivity contribution in [3.05, 3.63) is 30.0 Å². The molecule has 4 rings (SSSR count). The van der Waals surface area contributed by atoms with Gasteiger partial charge in [-0.05, 0) is 44.7 Å². The zero-order valence-electron chi connectivity index (χ0n) is 15.1. The van der Waals surface area contributed by atoms with Crippen LogP contribution in [-0.2, 0) is 4.79 Å². The monoisotopic (exact) mass is 338 g/mol. The number of amides is 1. The molecule has 0 N–H and O–H groups in total. The van der Waals surface area contributed by atoms with Crippen molar-refractivity contribution in [1.29, 1.82) is 0 Å². The van der Waals surface area contributed by atoms with Crippen LogP contribution >= 0.6 is 0 Å². The second kappa shape index (κ2) is 6.62. The Morgan fingerprint density at radius 3 is 2.52 bits per heavy atom. The molecule has 1 unspecified atom stereocenters. The molecule has 1 saturated carbocycles. The SMILES string of the molecule is Cc1nc2ccccc2nc1N1CCCC(N(C)C(=O)C2CCC2)C1. The van der Waals surface area contributed by atoms with Gasteiger partial charge in [-0.15, -0.1) is 0 Å². The molecular weight excluding hydrogens is 312 g/mol. The first kappa shape index (κ1) is 16.3. The molecule has 25 heavy (non-hydrogen) atoms. The van der Waals surface area contributed by atoms with Crippen LogP contribution in [0, 0.1) is 12.8 Å². The summed E-state index contributed by atoms with van der Waals surface area (Å²) < 4.78 is 0. The van der Waals surface area contributed by atoms with Crippen LogP contribution in [0.2, 0.25) is 0 Å². The van der Waals surface area contributed by atoms with Gasteiger partial charge in [-0.2, -0.15) is 0 Å². The number of carbonyl (C=O) groups excluding carboxylic acids is 1. The second-order valence-corrected chi connectivity index (χ2v) is 7.44. The predicted molar refractivity (Wildman–Crippen MR) is 99.6 cm³/mol. The third-order valence-electron chi connectivity index (χ3n) is 5.77. The highest BCUT2D eigenvalue weighted by Gasteiger charge is 2.33. The lowest BCUT2D eigenvalue weighted by Crippen LogP contribution is -2.51. The van der Waals surface area contributed by atoms with Crippen LogP contribution in [0.25, 0.3) is 11.0 Å². The summed E-state index contributed by atoms with van der Waals surface area (Å²) in [7, 11) is 1.98. The number of aryl methyl sites for hydroxylation is 1. The highest BCUT2D eigenvalue weighted by molar-refractivity contribution is 5.80. The van der Waals surface area contributed by atoms with Gasteiger partial charge in [-0.3, -0.25) is 4.79 Å². The quantitative estimate of drug-likeness (QED) is 0.862. The summed E-state index contributed by atoms with van der Waals surface area (Å²) in [6.45, 7) is 3.86. The largest absolute Gasteiger partial charge is 0.353 e. The first-order valence-electron chi connectivity index (χ1n) is 9.38. The van der Waals surface area contributed by atoms with E-state index >= 15 is 0 Å². The number of hydrogen-bond donors (Lipinski definition) is 0. The van der Waals surface area contributed by atoms with Gasteiger partial charge < -0.3 is 9.80 Å². The van der Waals surface area contributed by atoms with Gasteiger partial charge in [0.1, 0.15) is 0 Å². The van der Waals surface area contributed by atoms with E-state index in [9.17, 15) is 4.79 Å². The number of nitrogens with zero attached hydrogens (tertiary/aromatic N) is 4. The summed E-state index contributed by atoms with van der Waals surface area (Å²) in [5, 5.41) is 0. The molecule has 1 aliphatic carbocycles. The third-order valence-corrected chi connectivity index (χ3v) is 5.77. The normalized spacial score (nSPS) is 21.2. The van der Waals surface area contributed by atoms with Crippen molar-refractivity contribution in [1.82, 2.24) is 14.9 Å². The molecule has 1 amide bonds. The van der Waals surface area contributed by atoms with Crippen LogP contribution in [0.4, 0.5) is 5.82 Å². The molecule has 0 spiro atoms. The van der Waals surface area contributed by atoms with E-state index in [0.29, 0.717) is 5.91 Å². The van der Waals surface area contributed by atoms with Gasteiger partial charge in [0.2, 0.25) is 5.91 Å². The Morgan fingerprint density at radius 1 is 1.12 bits per heavy atom. The van der Waals surface area contributed by atoms with Gasteiger partial charge >= 0.3 is 0 Å². The fourth-order valence-electron chi connectivity index (χ4n) is 3.96. The summed E-state index contributed by atoms with van der Waals surface area (Å²) in [6.07, 6.45) is 5.49. The van der Waals surface area contributed by atoms with Crippen molar-refractivity contribution in [2.24, 2.45) is 5.92 Å². The predicted octanol–water partition coefficient (Wildman–Crippen LogP) is 3.17. The molecule has 1 saturated heterocycles. The standard InChI is InChI=1S/C20H26N4O/c1-14-19(22-18-11-4-3-10-17(18)21-14)24-12-6-9-16(13-24)23(2)20(25)15-7-5-8-15/h3-4,10-11,15-16H,5-9,12-13H2,1-2H3. The van der Waals surface area contributed by atoms with Gasteiger partial charge in [-0.25, -0.2) is 9.97 Å². The number of anilines is 1. The first-order valence-corrected chi connectivity index (χ1v) is 9.38. The number of benzene rings is 1. The molecule has 2 heterocycles. The van der Waals surface area contributed by atoms with Crippen LogP contribution in [0.1, 0.15) is 37.8 Å². The van der Waals surface area contributed by atoms with E-state index < -0.39 is 0 Å². The fraction of sp³-hybridized carbons (Fsp3) is 0.550. The lowest BCUT2D eigenvalue weighted by molar-refractivity contribution is -0.139. The van der Waals surface area contributed by atoms with Crippen molar-refractivity contribution < 1.29 is 4.79 Å². The smallest absolute Gasteiger partial charge is 0.225 e. The van der Waals surface area contributed by atoms with Crippen molar-refractivity contribution in [2.45, 2.75) is 45.1 Å². The van der Waals surface area contributed by atoms with Gasteiger partial charge in [0, 0.05) is 32.1 Å². The lowest BCUT2D eigenvalue weighted by atomic mass is 9.84. The summed E-state index contributed by atoms with van der Waals surface area (Å²) in [5.74, 6) is 1.56. The molecule has 2 fully saturated rings. The number of rotatable bonds is 3. The summed E-state index contributed by atoms with van der Waals surface area (Å²) in [6, 6.07) is 8.28. The number of fused-ring (bicyclic) bond motifs is 1. The van der Waals surface area contributed by atoms with E-state index in [2.05, 4.69) is 4.90 Å². The molecule has 132 valence electrons.